The molecule has 2 aliphatic rings. The van der Waals surface area contributed by atoms with Crippen molar-refractivity contribution in [2.45, 2.75) is 12.5 Å². The molecule has 2 aromatic rings. The predicted molar refractivity (Wildman–Crippen MR) is 93.5 cm³/mol. The summed E-state index contributed by atoms with van der Waals surface area (Å²) >= 11 is 0. The van der Waals surface area contributed by atoms with Crippen LogP contribution in [0.15, 0.2) is 48.5 Å². The maximum absolute atomic E-state index is 12.4. The molecule has 0 aliphatic carbocycles. The SMILES string of the molecule is N#Cc1cccc(Oc2ccc(C(=O)NC3CN4CC[C@H]3C4)cc2)c1. The number of carbonyl (C=O) groups excluding carboxylic acids is 1. The van der Waals surface area contributed by atoms with Gasteiger partial charge in [0.15, 0.2) is 0 Å². The molecular formula is C20H19N3O2. The van der Waals surface area contributed by atoms with E-state index in [1.54, 1.807) is 48.5 Å². The highest BCUT2D eigenvalue weighted by Gasteiger charge is 2.38. The van der Waals surface area contributed by atoms with Crippen LogP contribution >= 0.6 is 0 Å². The van der Waals surface area contributed by atoms with Crippen molar-refractivity contribution in [1.82, 2.24) is 10.2 Å². The van der Waals surface area contributed by atoms with Gasteiger partial charge in [-0.3, -0.25) is 4.79 Å². The van der Waals surface area contributed by atoms with Crippen molar-refractivity contribution in [1.29, 1.82) is 5.26 Å². The number of benzene rings is 2. The van der Waals surface area contributed by atoms with Crippen LogP contribution in [-0.2, 0) is 0 Å². The molecule has 4 rings (SSSR count). The normalized spacial score (nSPS) is 23.9. The van der Waals surface area contributed by atoms with Gasteiger partial charge in [0.25, 0.3) is 5.91 Å². The highest BCUT2D eigenvalue weighted by Crippen LogP contribution is 2.28. The lowest BCUT2D eigenvalue weighted by Gasteiger charge is -2.23. The summed E-state index contributed by atoms with van der Waals surface area (Å²) in [7, 11) is 0. The van der Waals surface area contributed by atoms with Gasteiger partial charge in [-0.25, -0.2) is 0 Å². The molecule has 2 saturated heterocycles. The van der Waals surface area contributed by atoms with Gasteiger partial charge >= 0.3 is 0 Å². The number of carbonyl (C=O) groups is 1. The van der Waals surface area contributed by atoms with Gasteiger partial charge in [-0.15, -0.1) is 0 Å². The maximum atomic E-state index is 12.4. The molecule has 2 fully saturated rings. The lowest BCUT2D eigenvalue weighted by Crippen LogP contribution is -2.43. The van der Waals surface area contributed by atoms with E-state index in [4.69, 9.17) is 10.00 Å². The monoisotopic (exact) mass is 333 g/mol. The fourth-order valence-electron chi connectivity index (χ4n) is 3.64. The Hall–Kier alpha value is -2.84. The number of amides is 1. The third-order valence-electron chi connectivity index (χ3n) is 4.96. The van der Waals surface area contributed by atoms with Crippen LogP contribution in [0.1, 0.15) is 22.3 Å². The number of piperidine rings is 1. The van der Waals surface area contributed by atoms with Crippen molar-refractivity contribution in [2.24, 2.45) is 5.92 Å². The molecule has 1 amide bonds. The Bertz CT molecular complexity index is 826. The summed E-state index contributed by atoms with van der Waals surface area (Å²) in [5, 5.41) is 12.1. The molecule has 2 aromatic carbocycles. The van der Waals surface area contributed by atoms with E-state index in [0.29, 0.717) is 28.5 Å². The van der Waals surface area contributed by atoms with E-state index in [-0.39, 0.29) is 11.9 Å². The Kier molecular flexibility index (Phi) is 4.12. The van der Waals surface area contributed by atoms with Crippen LogP contribution in [-0.4, -0.2) is 36.5 Å². The van der Waals surface area contributed by atoms with E-state index in [1.807, 2.05) is 0 Å². The van der Waals surface area contributed by atoms with Crippen LogP contribution in [0.5, 0.6) is 11.5 Å². The van der Waals surface area contributed by atoms with Crippen molar-refractivity contribution in [2.75, 3.05) is 19.6 Å². The zero-order valence-electron chi connectivity index (χ0n) is 13.8. The molecule has 0 aromatic heterocycles. The van der Waals surface area contributed by atoms with Crippen molar-refractivity contribution in [3.05, 3.63) is 59.7 Å². The van der Waals surface area contributed by atoms with E-state index in [9.17, 15) is 4.79 Å². The quantitative estimate of drug-likeness (QED) is 0.934. The van der Waals surface area contributed by atoms with Gasteiger partial charge in [0.1, 0.15) is 11.5 Å². The highest BCUT2D eigenvalue weighted by atomic mass is 16.5. The standard InChI is InChI=1S/C20H19N3O2/c21-11-14-2-1-3-18(10-14)25-17-6-4-15(5-7-17)20(24)22-19-13-23-9-8-16(19)12-23/h1-7,10,16,19H,8-9,12-13H2,(H,22,24)/t16-,19?/m0/s1. The average molecular weight is 333 g/mol. The molecule has 2 aliphatic heterocycles. The van der Waals surface area contributed by atoms with Crippen LogP contribution in [0.4, 0.5) is 0 Å². The van der Waals surface area contributed by atoms with Crippen LogP contribution in [0.25, 0.3) is 0 Å². The Morgan fingerprint density at radius 1 is 1.16 bits per heavy atom. The smallest absolute Gasteiger partial charge is 0.251 e. The summed E-state index contributed by atoms with van der Waals surface area (Å²) in [5.74, 6) is 1.81. The highest BCUT2D eigenvalue weighted by molar-refractivity contribution is 5.94. The number of nitriles is 1. The molecule has 0 spiro atoms. The topological polar surface area (TPSA) is 65.4 Å². The molecule has 25 heavy (non-hydrogen) atoms. The first-order chi connectivity index (χ1) is 12.2. The first-order valence-electron chi connectivity index (χ1n) is 8.52. The summed E-state index contributed by atoms with van der Waals surface area (Å²) in [6.45, 7) is 3.24. The van der Waals surface area contributed by atoms with Gasteiger partial charge < -0.3 is 15.0 Å². The van der Waals surface area contributed by atoms with Gasteiger partial charge in [-0.1, -0.05) is 6.07 Å². The zero-order chi connectivity index (χ0) is 17.2. The average Bonchev–Trinajstić information content (AvgIpc) is 3.25. The van der Waals surface area contributed by atoms with Gasteiger partial charge in [-0.2, -0.15) is 5.26 Å². The predicted octanol–water partition coefficient (Wildman–Crippen LogP) is 2.78. The fourth-order valence-corrected chi connectivity index (χ4v) is 3.64. The van der Waals surface area contributed by atoms with Gasteiger partial charge in [0.05, 0.1) is 11.6 Å². The van der Waals surface area contributed by atoms with Crippen LogP contribution in [0.3, 0.4) is 0 Å². The number of rotatable bonds is 4. The molecule has 0 saturated carbocycles. The fraction of sp³-hybridized carbons (Fsp3) is 0.300. The van der Waals surface area contributed by atoms with Crippen molar-refractivity contribution < 1.29 is 9.53 Å². The Morgan fingerprint density at radius 2 is 2.00 bits per heavy atom. The maximum Gasteiger partial charge on any atom is 0.251 e. The van der Waals surface area contributed by atoms with E-state index in [0.717, 1.165) is 19.6 Å². The summed E-state index contributed by atoms with van der Waals surface area (Å²) in [6, 6.07) is 16.4. The third-order valence-corrected chi connectivity index (χ3v) is 4.96. The largest absolute Gasteiger partial charge is 0.457 e. The van der Waals surface area contributed by atoms with E-state index in [1.165, 1.54) is 6.42 Å². The lowest BCUT2D eigenvalue weighted by atomic mass is 9.99. The van der Waals surface area contributed by atoms with Crippen molar-refractivity contribution in [3.8, 4) is 17.6 Å². The van der Waals surface area contributed by atoms with E-state index < -0.39 is 0 Å². The summed E-state index contributed by atoms with van der Waals surface area (Å²) < 4.78 is 5.74. The summed E-state index contributed by atoms with van der Waals surface area (Å²) in [5.41, 5.74) is 1.19. The molecule has 5 heteroatoms. The van der Waals surface area contributed by atoms with Gasteiger partial charge in [-0.05, 0) is 61.3 Å². The molecule has 2 heterocycles. The molecule has 2 bridgehead atoms. The summed E-state index contributed by atoms with van der Waals surface area (Å²) in [6.07, 6.45) is 1.18. The zero-order valence-corrected chi connectivity index (χ0v) is 13.8. The third kappa shape index (κ3) is 3.35. The number of hydrogen-bond acceptors (Lipinski definition) is 4. The number of hydrogen-bond donors (Lipinski definition) is 1. The number of ether oxygens (including phenoxy) is 1. The van der Waals surface area contributed by atoms with Gasteiger partial charge in [0.2, 0.25) is 0 Å². The lowest BCUT2D eigenvalue weighted by molar-refractivity contribution is 0.0924. The molecule has 2 unspecified atom stereocenters. The van der Waals surface area contributed by atoms with Crippen molar-refractivity contribution >= 4 is 5.91 Å². The number of fused-ring (bicyclic) bond motifs is 2. The first kappa shape index (κ1) is 15.7. The van der Waals surface area contributed by atoms with Crippen LogP contribution in [0.2, 0.25) is 0 Å². The minimum absolute atomic E-state index is 0.0308. The number of nitrogens with zero attached hydrogens (tertiary/aromatic N) is 2. The minimum Gasteiger partial charge on any atom is -0.457 e. The second-order valence-corrected chi connectivity index (χ2v) is 6.65. The van der Waals surface area contributed by atoms with E-state index in [2.05, 4.69) is 16.3 Å². The molecule has 0 radical (unpaired) electrons. The van der Waals surface area contributed by atoms with Gasteiger partial charge in [0, 0.05) is 24.7 Å². The van der Waals surface area contributed by atoms with E-state index >= 15 is 0 Å². The summed E-state index contributed by atoms with van der Waals surface area (Å²) in [4.78, 5) is 14.8. The van der Waals surface area contributed by atoms with Crippen LogP contribution < -0.4 is 10.1 Å². The molecule has 126 valence electrons. The molecule has 1 N–H and O–H groups in total. The number of nitrogens with one attached hydrogen (secondary N) is 1. The van der Waals surface area contributed by atoms with Crippen molar-refractivity contribution in [3.63, 3.8) is 0 Å². The molecular weight excluding hydrogens is 314 g/mol. The molecule has 5 nitrogen and oxygen atoms in total. The minimum atomic E-state index is -0.0308. The second-order valence-electron chi connectivity index (χ2n) is 6.65. The van der Waals surface area contributed by atoms with Crippen LogP contribution in [0, 0.1) is 17.2 Å². The second kappa shape index (κ2) is 6.58. The first-order valence-corrected chi connectivity index (χ1v) is 8.52. The Balaban J connectivity index is 1.39. The Morgan fingerprint density at radius 3 is 2.68 bits per heavy atom. The molecule has 3 atom stereocenters. The Labute approximate surface area is 146 Å².